The highest BCUT2D eigenvalue weighted by atomic mass is 16.8. The third-order valence-corrected chi connectivity index (χ3v) is 12.1. The quantitative estimate of drug-likeness (QED) is 0.207. The van der Waals surface area contributed by atoms with Gasteiger partial charge in [-0.2, -0.15) is 5.06 Å². The lowest BCUT2D eigenvalue weighted by Crippen LogP contribution is -2.71. The number of hydrogen-bond acceptors (Lipinski definition) is 11. The number of nitrogens with one attached hydrogen (secondary N) is 2. The molecular weight excluding hydrogens is 670 g/mol. The molecule has 9 rings (SSSR count). The number of benzene rings is 2. The smallest absolute Gasteiger partial charge is 0.327 e. The van der Waals surface area contributed by atoms with Crippen LogP contribution in [0, 0.1) is 11.3 Å². The number of aliphatic hydroxyl groups is 2. The van der Waals surface area contributed by atoms with E-state index < -0.39 is 71.6 Å². The lowest BCUT2D eigenvalue weighted by molar-refractivity contribution is -0.217. The minimum Gasteiger partial charge on any atom is -0.458 e. The van der Waals surface area contributed by atoms with E-state index in [-0.39, 0.29) is 26.1 Å². The number of amides is 2. The number of hydrogen-bond donors (Lipinski definition) is 4. The van der Waals surface area contributed by atoms with Crippen LogP contribution in [0.2, 0.25) is 0 Å². The third-order valence-electron chi connectivity index (χ3n) is 12.1. The second-order valence-corrected chi connectivity index (χ2v) is 15.5. The van der Waals surface area contributed by atoms with E-state index in [1.165, 1.54) is 12.0 Å². The summed E-state index contributed by atoms with van der Waals surface area (Å²) in [5, 5.41) is 26.7. The second kappa shape index (κ2) is 13.0. The summed E-state index contributed by atoms with van der Waals surface area (Å²) in [5.41, 5.74) is 2.56. The first kappa shape index (κ1) is 34.1. The third kappa shape index (κ3) is 5.77. The predicted molar refractivity (Wildman–Crippen MR) is 183 cm³/mol. The van der Waals surface area contributed by atoms with Crippen LogP contribution in [0.3, 0.4) is 0 Å². The fraction of sp³-hybridized carbons (Fsp3) is 0.564. The molecule has 6 fully saturated rings. The highest BCUT2D eigenvalue weighted by Gasteiger charge is 2.76. The minimum absolute atomic E-state index is 0.0523. The number of rotatable bonds is 10. The molecule has 11 atom stereocenters. The number of nitrogens with zero attached hydrogens (tertiary/aromatic N) is 1. The fourth-order valence-corrected chi connectivity index (χ4v) is 9.56. The number of allylic oxidation sites excluding steroid dienone is 1. The molecule has 4 aliphatic heterocycles. The molecule has 2 aromatic rings. The van der Waals surface area contributed by atoms with Gasteiger partial charge in [0.2, 0.25) is 11.8 Å². The molecule has 276 valence electrons. The molecule has 3 unspecified atom stereocenters. The number of hydroxylamine groups is 2. The Morgan fingerprint density at radius 1 is 1.04 bits per heavy atom. The average Bonchev–Trinajstić information content (AvgIpc) is 3.48. The van der Waals surface area contributed by atoms with Gasteiger partial charge in [-0.05, 0) is 54.4 Å². The first-order chi connectivity index (χ1) is 25.2. The first-order valence-electron chi connectivity index (χ1n) is 18.5. The highest BCUT2D eigenvalue weighted by Crippen LogP contribution is 2.58. The fourth-order valence-electron chi connectivity index (χ4n) is 9.56. The SMILES string of the molecule is C[C@H](O)[C@@H](NC(=O)[C@@]12C[C@H]3OC(=O)[C@@H]1N(Cc1cccc(C=CC4CCC5OC5C4)c1)O[C@@H]2[C@H]1OC2(Cc4ccccc4C2)O[C@H]13)C(=O)NCCO. The molecule has 4 N–H and O–H groups in total. The van der Waals surface area contributed by atoms with Crippen molar-refractivity contribution < 1.29 is 48.4 Å². The zero-order valence-electron chi connectivity index (χ0n) is 29.0. The molecule has 52 heavy (non-hydrogen) atoms. The molecule has 4 saturated heterocycles. The number of ether oxygens (including phenoxy) is 4. The average molecular weight is 716 g/mol. The molecule has 2 amide bonds. The zero-order valence-corrected chi connectivity index (χ0v) is 29.0. The molecule has 0 aromatic heterocycles. The van der Waals surface area contributed by atoms with E-state index in [9.17, 15) is 24.6 Å². The lowest BCUT2D eigenvalue weighted by atomic mass is 9.62. The van der Waals surface area contributed by atoms with Crippen LogP contribution >= 0.6 is 0 Å². The van der Waals surface area contributed by atoms with Gasteiger partial charge in [-0.25, -0.2) is 0 Å². The van der Waals surface area contributed by atoms with Crippen LogP contribution in [0.15, 0.2) is 54.6 Å². The molecule has 2 aromatic carbocycles. The van der Waals surface area contributed by atoms with Gasteiger partial charge in [-0.15, -0.1) is 0 Å². The summed E-state index contributed by atoms with van der Waals surface area (Å²) in [6.45, 7) is 1.21. The Kier molecular flexibility index (Phi) is 8.53. The molecule has 13 heteroatoms. The molecule has 2 bridgehead atoms. The molecule has 0 radical (unpaired) electrons. The summed E-state index contributed by atoms with van der Waals surface area (Å²) in [7, 11) is 0. The monoisotopic (exact) mass is 715 g/mol. The molecular formula is C39H45N3O10. The Labute approximate surface area is 301 Å². The van der Waals surface area contributed by atoms with E-state index in [0.717, 1.165) is 41.5 Å². The number of carbonyl (C=O) groups is 3. The van der Waals surface area contributed by atoms with Crippen LogP contribution in [0.4, 0.5) is 0 Å². The van der Waals surface area contributed by atoms with Gasteiger partial charge in [0.15, 0.2) is 11.8 Å². The maximum absolute atomic E-state index is 14.7. The molecule has 7 aliphatic rings. The number of fused-ring (bicyclic) bond motifs is 6. The van der Waals surface area contributed by atoms with Crippen LogP contribution < -0.4 is 10.6 Å². The van der Waals surface area contributed by atoms with E-state index in [4.69, 9.17) is 23.8 Å². The van der Waals surface area contributed by atoms with Crippen LogP contribution in [0.5, 0.6) is 0 Å². The summed E-state index contributed by atoms with van der Waals surface area (Å²) in [6.07, 6.45) is 5.03. The van der Waals surface area contributed by atoms with Gasteiger partial charge in [0.05, 0.1) is 31.5 Å². The van der Waals surface area contributed by atoms with Crippen molar-refractivity contribution in [1.82, 2.24) is 15.7 Å². The summed E-state index contributed by atoms with van der Waals surface area (Å²) in [6, 6.07) is 13.5. The van der Waals surface area contributed by atoms with E-state index >= 15 is 0 Å². The van der Waals surface area contributed by atoms with Crippen molar-refractivity contribution >= 4 is 23.9 Å². The normalized spacial score (nSPS) is 36.1. The summed E-state index contributed by atoms with van der Waals surface area (Å²) in [4.78, 5) is 48.6. The summed E-state index contributed by atoms with van der Waals surface area (Å²) < 4.78 is 25.3. The molecule has 4 heterocycles. The molecule has 2 saturated carbocycles. The Bertz CT molecular complexity index is 1760. The van der Waals surface area contributed by atoms with Crippen LogP contribution in [0.1, 0.15) is 54.9 Å². The van der Waals surface area contributed by atoms with E-state index in [2.05, 4.69) is 22.8 Å². The molecule has 1 spiro atoms. The van der Waals surface area contributed by atoms with E-state index in [1.54, 1.807) is 0 Å². The Hall–Kier alpha value is -3.69. The van der Waals surface area contributed by atoms with Gasteiger partial charge >= 0.3 is 5.97 Å². The van der Waals surface area contributed by atoms with Gasteiger partial charge in [-0.3, -0.25) is 19.2 Å². The summed E-state index contributed by atoms with van der Waals surface area (Å²) in [5.74, 6) is -2.45. The van der Waals surface area contributed by atoms with Gasteiger partial charge in [0, 0.05) is 25.8 Å². The standard InChI is InChI=1S/C39H45N3O10/c1-21(44)30(35(45)40-13-14-43)41-37(47)39-19-29-31-32(51-38(50-31)17-25-7-2-3-8-26(25)18-38)34(39)52-42(33(39)36(46)49-29)20-24-6-4-5-22(15-24)9-10-23-11-12-27-28(16-23)48-27/h2-10,15,21,23,27-34,43-44H,11-14,16-20H2,1H3,(H,40,45)(H,41,47)/t21-,23?,27?,28?,29+,30+,31-,32-,33-,34+,39-/m0/s1. The van der Waals surface area contributed by atoms with E-state index in [1.807, 2.05) is 48.5 Å². The minimum atomic E-state index is -1.53. The highest BCUT2D eigenvalue weighted by molar-refractivity contribution is 5.96. The van der Waals surface area contributed by atoms with Crippen LogP contribution in [-0.4, -0.2) is 107 Å². The number of esters is 1. The number of aliphatic hydroxyl groups excluding tert-OH is 2. The Balaban J connectivity index is 1.03. The van der Waals surface area contributed by atoms with Crippen molar-refractivity contribution in [2.24, 2.45) is 11.3 Å². The van der Waals surface area contributed by atoms with Crippen molar-refractivity contribution in [3.8, 4) is 0 Å². The van der Waals surface area contributed by atoms with Crippen molar-refractivity contribution in [1.29, 1.82) is 0 Å². The maximum atomic E-state index is 14.7. The van der Waals surface area contributed by atoms with Crippen LogP contribution in [0.25, 0.3) is 6.08 Å². The molecule has 3 aliphatic carbocycles. The van der Waals surface area contributed by atoms with Crippen molar-refractivity contribution in [2.45, 2.75) is 113 Å². The van der Waals surface area contributed by atoms with Crippen molar-refractivity contribution in [2.75, 3.05) is 13.2 Å². The largest absolute Gasteiger partial charge is 0.458 e. The molecule has 13 nitrogen and oxygen atoms in total. The zero-order chi connectivity index (χ0) is 35.8. The maximum Gasteiger partial charge on any atom is 0.327 e. The predicted octanol–water partition coefficient (Wildman–Crippen LogP) is 1.32. The van der Waals surface area contributed by atoms with Gasteiger partial charge in [0.1, 0.15) is 35.9 Å². The Morgan fingerprint density at radius 2 is 1.83 bits per heavy atom. The lowest BCUT2D eigenvalue weighted by Gasteiger charge is -2.49. The number of epoxide rings is 1. The Morgan fingerprint density at radius 3 is 2.58 bits per heavy atom. The van der Waals surface area contributed by atoms with Gasteiger partial charge < -0.3 is 39.8 Å². The summed E-state index contributed by atoms with van der Waals surface area (Å²) >= 11 is 0. The van der Waals surface area contributed by atoms with E-state index in [0.29, 0.717) is 31.0 Å². The second-order valence-electron chi connectivity index (χ2n) is 15.5. The number of carbonyl (C=O) groups excluding carboxylic acids is 3. The van der Waals surface area contributed by atoms with Crippen molar-refractivity contribution in [3.63, 3.8) is 0 Å². The topological polar surface area (TPSA) is 168 Å². The first-order valence-corrected chi connectivity index (χ1v) is 18.5. The van der Waals surface area contributed by atoms with Gasteiger partial charge in [0.25, 0.3) is 0 Å². The van der Waals surface area contributed by atoms with Crippen LogP contribution in [-0.2, 0) is 57.6 Å². The van der Waals surface area contributed by atoms with Crippen molar-refractivity contribution in [3.05, 3.63) is 76.9 Å². The van der Waals surface area contributed by atoms with Gasteiger partial charge in [-0.1, -0.05) is 60.7 Å².